The normalized spacial score (nSPS) is 15.6. The summed E-state index contributed by atoms with van der Waals surface area (Å²) in [5.74, 6) is 1.06. The largest absolute Gasteiger partial charge is 0.380 e. The second kappa shape index (κ2) is 7.42. The lowest BCUT2D eigenvalue weighted by molar-refractivity contribution is 0.122. The molecule has 1 aromatic heterocycles. The predicted molar refractivity (Wildman–Crippen MR) is 72.9 cm³/mol. The van der Waals surface area contributed by atoms with Crippen LogP contribution in [0.25, 0.3) is 0 Å². The van der Waals surface area contributed by atoms with Gasteiger partial charge in [0.15, 0.2) is 0 Å². The van der Waals surface area contributed by atoms with Crippen LogP contribution in [-0.4, -0.2) is 61.0 Å². The minimum atomic E-state index is 0.190. The molecular weight excluding hydrogens is 270 g/mol. The van der Waals surface area contributed by atoms with E-state index >= 15 is 0 Å². The van der Waals surface area contributed by atoms with Crippen LogP contribution in [0.3, 0.4) is 0 Å². The average molecular weight is 288 g/mol. The molecule has 0 radical (unpaired) electrons. The molecule has 0 spiro atoms. The summed E-state index contributed by atoms with van der Waals surface area (Å²) in [5.41, 5.74) is 0. The molecule has 1 aliphatic heterocycles. The zero-order valence-corrected chi connectivity index (χ0v) is 11.7. The highest BCUT2D eigenvalue weighted by Crippen LogP contribution is 2.14. The van der Waals surface area contributed by atoms with Gasteiger partial charge in [-0.15, -0.1) is 0 Å². The molecule has 19 heavy (non-hydrogen) atoms. The van der Waals surface area contributed by atoms with Crippen molar-refractivity contribution in [3.05, 3.63) is 5.28 Å². The van der Waals surface area contributed by atoms with Crippen LogP contribution in [0.5, 0.6) is 0 Å². The van der Waals surface area contributed by atoms with Crippen LogP contribution in [0, 0.1) is 0 Å². The second-order valence-corrected chi connectivity index (χ2v) is 4.29. The zero-order valence-electron chi connectivity index (χ0n) is 10.9. The fourth-order valence-corrected chi connectivity index (χ4v) is 1.86. The number of nitrogens with zero attached hydrogens (tertiary/aromatic N) is 4. The van der Waals surface area contributed by atoms with Gasteiger partial charge in [-0.2, -0.15) is 15.0 Å². The Morgan fingerprint density at radius 3 is 2.84 bits per heavy atom. The number of aromatic nitrogens is 3. The summed E-state index contributed by atoms with van der Waals surface area (Å²) in [6, 6.07) is 0. The SMILES string of the molecule is CCOCCNc1nc(Cl)nc(N2CCOCC2)n1. The van der Waals surface area contributed by atoms with Crippen molar-refractivity contribution < 1.29 is 9.47 Å². The Kier molecular flexibility index (Phi) is 5.56. The van der Waals surface area contributed by atoms with Crippen LogP contribution in [0.2, 0.25) is 5.28 Å². The van der Waals surface area contributed by atoms with Gasteiger partial charge in [0.1, 0.15) is 0 Å². The Labute approximate surface area is 117 Å². The minimum absolute atomic E-state index is 0.190. The van der Waals surface area contributed by atoms with E-state index in [4.69, 9.17) is 21.1 Å². The molecule has 106 valence electrons. The van der Waals surface area contributed by atoms with Crippen LogP contribution >= 0.6 is 11.6 Å². The van der Waals surface area contributed by atoms with Gasteiger partial charge in [-0.05, 0) is 18.5 Å². The van der Waals surface area contributed by atoms with Crippen molar-refractivity contribution in [3.63, 3.8) is 0 Å². The van der Waals surface area contributed by atoms with Gasteiger partial charge in [-0.1, -0.05) is 0 Å². The third-order valence-corrected chi connectivity index (χ3v) is 2.79. The lowest BCUT2D eigenvalue weighted by Gasteiger charge is -2.26. The lowest BCUT2D eigenvalue weighted by Crippen LogP contribution is -2.37. The number of morpholine rings is 1. The highest BCUT2D eigenvalue weighted by atomic mass is 35.5. The Hall–Kier alpha value is -1.18. The van der Waals surface area contributed by atoms with E-state index in [1.54, 1.807) is 0 Å². The van der Waals surface area contributed by atoms with Crippen molar-refractivity contribution >= 4 is 23.5 Å². The number of anilines is 2. The first-order chi connectivity index (χ1) is 9.29. The van der Waals surface area contributed by atoms with Gasteiger partial charge >= 0.3 is 0 Å². The van der Waals surface area contributed by atoms with Gasteiger partial charge in [-0.25, -0.2) is 0 Å². The van der Waals surface area contributed by atoms with Crippen molar-refractivity contribution in [2.24, 2.45) is 0 Å². The maximum atomic E-state index is 5.92. The van der Waals surface area contributed by atoms with Crippen molar-refractivity contribution in [2.45, 2.75) is 6.92 Å². The summed E-state index contributed by atoms with van der Waals surface area (Å²) in [4.78, 5) is 14.6. The van der Waals surface area contributed by atoms with E-state index in [1.165, 1.54) is 0 Å². The Balaban J connectivity index is 1.97. The maximum Gasteiger partial charge on any atom is 0.231 e. The van der Waals surface area contributed by atoms with Gasteiger partial charge in [0.25, 0.3) is 0 Å². The van der Waals surface area contributed by atoms with E-state index < -0.39 is 0 Å². The molecule has 0 aromatic carbocycles. The van der Waals surface area contributed by atoms with Crippen LogP contribution < -0.4 is 10.2 Å². The van der Waals surface area contributed by atoms with E-state index in [2.05, 4.69) is 20.3 Å². The molecule has 0 saturated carbocycles. The smallest absolute Gasteiger partial charge is 0.231 e. The topological polar surface area (TPSA) is 72.4 Å². The quantitative estimate of drug-likeness (QED) is 0.776. The molecule has 8 heteroatoms. The maximum absolute atomic E-state index is 5.92. The highest BCUT2D eigenvalue weighted by molar-refractivity contribution is 6.28. The van der Waals surface area contributed by atoms with E-state index in [1.807, 2.05) is 11.8 Å². The number of hydrogen-bond acceptors (Lipinski definition) is 7. The molecule has 1 aliphatic rings. The van der Waals surface area contributed by atoms with Gasteiger partial charge in [-0.3, -0.25) is 0 Å². The lowest BCUT2D eigenvalue weighted by atomic mass is 10.4. The molecule has 0 aliphatic carbocycles. The van der Waals surface area contributed by atoms with Crippen molar-refractivity contribution in [1.82, 2.24) is 15.0 Å². The average Bonchev–Trinajstić information content (AvgIpc) is 2.44. The van der Waals surface area contributed by atoms with Crippen LogP contribution in [0.4, 0.5) is 11.9 Å². The van der Waals surface area contributed by atoms with Crippen molar-refractivity contribution in [2.75, 3.05) is 56.3 Å². The third kappa shape index (κ3) is 4.45. The first-order valence-electron chi connectivity index (χ1n) is 6.35. The third-order valence-electron chi connectivity index (χ3n) is 2.62. The summed E-state index contributed by atoms with van der Waals surface area (Å²) < 4.78 is 10.5. The van der Waals surface area contributed by atoms with E-state index in [-0.39, 0.29) is 5.28 Å². The monoisotopic (exact) mass is 287 g/mol. The van der Waals surface area contributed by atoms with E-state index in [9.17, 15) is 0 Å². The summed E-state index contributed by atoms with van der Waals surface area (Å²) in [7, 11) is 0. The number of ether oxygens (including phenoxy) is 2. The minimum Gasteiger partial charge on any atom is -0.380 e. The number of nitrogens with one attached hydrogen (secondary N) is 1. The fourth-order valence-electron chi connectivity index (χ4n) is 1.70. The molecule has 1 N–H and O–H groups in total. The van der Waals surface area contributed by atoms with E-state index in [0.717, 1.165) is 13.1 Å². The summed E-state index contributed by atoms with van der Waals surface area (Å²) >= 11 is 5.92. The zero-order chi connectivity index (χ0) is 13.5. The molecule has 1 aromatic rings. The first-order valence-corrected chi connectivity index (χ1v) is 6.73. The molecular formula is C11H18ClN5O2. The molecule has 2 heterocycles. The summed E-state index contributed by atoms with van der Waals surface area (Å²) in [5, 5.41) is 3.26. The van der Waals surface area contributed by atoms with Crippen LogP contribution in [-0.2, 0) is 9.47 Å². The van der Waals surface area contributed by atoms with Crippen molar-refractivity contribution in [3.8, 4) is 0 Å². The molecule has 0 atom stereocenters. The van der Waals surface area contributed by atoms with Gasteiger partial charge in [0, 0.05) is 26.2 Å². The molecule has 2 rings (SSSR count). The van der Waals surface area contributed by atoms with Crippen LogP contribution in [0.15, 0.2) is 0 Å². The Bertz CT molecular complexity index is 401. The first kappa shape index (κ1) is 14.2. The molecule has 1 saturated heterocycles. The molecule has 1 fully saturated rings. The van der Waals surface area contributed by atoms with Gasteiger partial charge in [0.05, 0.1) is 19.8 Å². The predicted octanol–water partition coefficient (Wildman–Crippen LogP) is 0.810. The number of rotatable bonds is 6. The Morgan fingerprint density at radius 2 is 2.11 bits per heavy atom. The van der Waals surface area contributed by atoms with Gasteiger partial charge < -0.3 is 19.7 Å². The summed E-state index contributed by atoms with van der Waals surface area (Å²) in [6.45, 7) is 6.77. The molecule has 0 unspecified atom stereocenters. The number of hydrogen-bond donors (Lipinski definition) is 1. The molecule has 0 amide bonds. The fraction of sp³-hybridized carbons (Fsp3) is 0.727. The standard InChI is InChI=1S/C11H18ClN5O2/c1-2-18-6-3-13-10-14-9(12)15-11(16-10)17-4-7-19-8-5-17/h2-8H2,1H3,(H,13,14,15,16). The number of halogens is 1. The van der Waals surface area contributed by atoms with E-state index in [0.29, 0.717) is 44.9 Å². The summed E-state index contributed by atoms with van der Waals surface area (Å²) in [6.07, 6.45) is 0. The van der Waals surface area contributed by atoms with Crippen molar-refractivity contribution in [1.29, 1.82) is 0 Å². The second-order valence-electron chi connectivity index (χ2n) is 3.95. The molecule has 0 bridgehead atoms. The van der Waals surface area contributed by atoms with Gasteiger partial charge in [0.2, 0.25) is 17.2 Å². The Morgan fingerprint density at radius 1 is 1.32 bits per heavy atom. The van der Waals surface area contributed by atoms with Crippen LogP contribution in [0.1, 0.15) is 6.92 Å². The highest BCUT2D eigenvalue weighted by Gasteiger charge is 2.15. The molecule has 7 nitrogen and oxygen atoms in total.